The van der Waals surface area contributed by atoms with Crippen molar-refractivity contribution in [2.75, 3.05) is 34.2 Å². The number of hydrogen-bond donors (Lipinski definition) is 1. The van der Waals surface area contributed by atoms with Gasteiger partial charge in [-0.3, -0.25) is 9.59 Å². The van der Waals surface area contributed by atoms with Crippen LogP contribution in [0, 0.1) is 11.8 Å². The first kappa shape index (κ1) is 17.3. The lowest BCUT2D eigenvalue weighted by Gasteiger charge is -2.35. The molecule has 0 aromatic carbocycles. The minimum atomic E-state index is -0.141. The summed E-state index contributed by atoms with van der Waals surface area (Å²) in [6.07, 6.45) is 7.65. The molecule has 2 amide bonds. The molecular formula is C17H31N3O2. The molecule has 0 unspecified atom stereocenters. The molecule has 1 aliphatic carbocycles. The van der Waals surface area contributed by atoms with E-state index in [2.05, 4.69) is 24.3 Å². The molecule has 2 atom stereocenters. The zero-order chi connectivity index (χ0) is 16.1. The molecule has 0 aromatic rings. The van der Waals surface area contributed by atoms with Crippen molar-refractivity contribution < 1.29 is 9.59 Å². The van der Waals surface area contributed by atoms with E-state index in [0.717, 1.165) is 6.42 Å². The monoisotopic (exact) mass is 309 g/mol. The van der Waals surface area contributed by atoms with Crippen LogP contribution in [0.2, 0.25) is 0 Å². The van der Waals surface area contributed by atoms with Crippen LogP contribution in [0.4, 0.5) is 0 Å². The number of hydrogen-bond acceptors (Lipinski definition) is 3. The van der Waals surface area contributed by atoms with Gasteiger partial charge >= 0.3 is 0 Å². The largest absolute Gasteiger partial charge is 0.354 e. The van der Waals surface area contributed by atoms with Gasteiger partial charge in [0.2, 0.25) is 11.8 Å². The molecule has 0 spiro atoms. The molecule has 0 bridgehead atoms. The van der Waals surface area contributed by atoms with Crippen LogP contribution in [0.1, 0.15) is 44.9 Å². The average Bonchev–Trinajstić information content (AvgIpc) is 2.50. The number of amides is 2. The van der Waals surface area contributed by atoms with Crippen molar-refractivity contribution >= 4 is 11.8 Å². The molecule has 1 heterocycles. The van der Waals surface area contributed by atoms with E-state index in [1.54, 1.807) is 4.90 Å². The summed E-state index contributed by atoms with van der Waals surface area (Å²) in [6, 6.07) is 0.409. The van der Waals surface area contributed by atoms with Gasteiger partial charge in [0, 0.05) is 38.5 Å². The smallest absolute Gasteiger partial charge is 0.223 e. The molecular weight excluding hydrogens is 278 g/mol. The standard InChI is InChI=1S/C17H31N3O2/c1-19(2)15(13-7-5-4-6-8-13)12-18-17(22)14-9-10-20(3)16(21)11-14/h13-15H,4-12H2,1-3H3,(H,18,22)/t14-,15-/m1/s1. The van der Waals surface area contributed by atoms with Crippen molar-refractivity contribution in [3.8, 4) is 0 Å². The van der Waals surface area contributed by atoms with E-state index in [1.165, 1.54) is 32.1 Å². The molecule has 0 aromatic heterocycles. The Bertz CT molecular complexity index is 391. The van der Waals surface area contributed by atoms with Crippen molar-refractivity contribution in [3.05, 3.63) is 0 Å². The predicted octanol–water partition coefficient (Wildman–Crippen LogP) is 1.48. The summed E-state index contributed by atoms with van der Waals surface area (Å²) < 4.78 is 0. The van der Waals surface area contributed by atoms with Crippen LogP contribution < -0.4 is 5.32 Å². The zero-order valence-electron chi connectivity index (χ0n) is 14.3. The van der Waals surface area contributed by atoms with Crippen LogP contribution >= 0.6 is 0 Å². The number of carbonyl (C=O) groups excluding carboxylic acids is 2. The van der Waals surface area contributed by atoms with Gasteiger partial charge in [-0.25, -0.2) is 0 Å². The second-order valence-electron chi connectivity index (χ2n) is 7.18. The van der Waals surface area contributed by atoms with Crippen molar-refractivity contribution in [3.63, 3.8) is 0 Å². The SMILES string of the molecule is CN1CC[C@@H](C(=O)NC[C@H](C2CCCCC2)N(C)C)CC1=O. The topological polar surface area (TPSA) is 52.7 Å². The predicted molar refractivity (Wildman–Crippen MR) is 87.4 cm³/mol. The molecule has 22 heavy (non-hydrogen) atoms. The van der Waals surface area contributed by atoms with Crippen LogP contribution in [-0.2, 0) is 9.59 Å². The third-order valence-corrected chi connectivity index (χ3v) is 5.37. The van der Waals surface area contributed by atoms with Gasteiger partial charge in [0.05, 0.1) is 0 Å². The molecule has 1 saturated heterocycles. The minimum absolute atomic E-state index is 0.0594. The van der Waals surface area contributed by atoms with Gasteiger partial charge in [-0.15, -0.1) is 0 Å². The Morgan fingerprint density at radius 3 is 2.55 bits per heavy atom. The van der Waals surface area contributed by atoms with E-state index in [1.807, 2.05) is 7.05 Å². The molecule has 126 valence electrons. The normalized spacial score (nSPS) is 25.4. The summed E-state index contributed by atoms with van der Waals surface area (Å²) in [5, 5.41) is 3.12. The number of rotatable bonds is 5. The first-order valence-corrected chi connectivity index (χ1v) is 8.67. The Labute approximate surface area is 134 Å². The Hall–Kier alpha value is -1.10. The Morgan fingerprint density at radius 2 is 1.95 bits per heavy atom. The van der Waals surface area contributed by atoms with E-state index in [4.69, 9.17) is 0 Å². The lowest BCUT2D eigenvalue weighted by atomic mass is 9.83. The van der Waals surface area contributed by atoms with Gasteiger partial charge in [-0.1, -0.05) is 19.3 Å². The van der Waals surface area contributed by atoms with E-state index >= 15 is 0 Å². The highest BCUT2D eigenvalue weighted by atomic mass is 16.2. The second-order valence-corrected chi connectivity index (χ2v) is 7.18. The highest BCUT2D eigenvalue weighted by molar-refractivity contribution is 5.86. The van der Waals surface area contributed by atoms with Gasteiger partial charge in [0.25, 0.3) is 0 Å². The molecule has 1 saturated carbocycles. The maximum absolute atomic E-state index is 12.4. The number of likely N-dealkylation sites (tertiary alicyclic amines) is 1. The van der Waals surface area contributed by atoms with Gasteiger partial charge in [-0.2, -0.15) is 0 Å². The Balaban J connectivity index is 1.83. The van der Waals surface area contributed by atoms with E-state index in [-0.39, 0.29) is 17.7 Å². The van der Waals surface area contributed by atoms with Gasteiger partial charge in [0.15, 0.2) is 0 Å². The maximum Gasteiger partial charge on any atom is 0.223 e. The summed E-state index contributed by atoms with van der Waals surface area (Å²) in [5.41, 5.74) is 0. The van der Waals surface area contributed by atoms with Crippen molar-refractivity contribution in [1.29, 1.82) is 0 Å². The summed E-state index contributed by atoms with van der Waals surface area (Å²) in [7, 11) is 6.01. The molecule has 0 radical (unpaired) electrons. The molecule has 2 fully saturated rings. The molecule has 5 nitrogen and oxygen atoms in total. The molecule has 2 rings (SSSR count). The summed E-state index contributed by atoms with van der Waals surface area (Å²) >= 11 is 0. The fourth-order valence-corrected chi connectivity index (χ4v) is 3.81. The van der Waals surface area contributed by atoms with Crippen LogP contribution in [0.5, 0.6) is 0 Å². The van der Waals surface area contributed by atoms with Crippen LogP contribution in [0.3, 0.4) is 0 Å². The molecule has 1 aliphatic heterocycles. The molecule has 2 aliphatic rings. The van der Waals surface area contributed by atoms with Gasteiger partial charge < -0.3 is 15.1 Å². The number of nitrogens with zero attached hydrogens (tertiary/aromatic N) is 2. The fourth-order valence-electron chi connectivity index (χ4n) is 3.81. The summed E-state index contributed by atoms with van der Waals surface area (Å²) in [5.74, 6) is 0.688. The second kappa shape index (κ2) is 7.95. The third kappa shape index (κ3) is 4.45. The highest BCUT2D eigenvalue weighted by Crippen LogP contribution is 2.28. The van der Waals surface area contributed by atoms with Gasteiger partial charge in [0.1, 0.15) is 0 Å². The minimum Gasteiger partial charge on any atom is -0.354 e. The van der Waals surface area contributed by atoms with Crippen LogP contribution in [0.25, 0.3) is 0 Å². The average molecular weight is 309 g/mol. The van der Waals surface area contributed by atoms with Crippen molar-refractivity contribution in [2.24, 2.45) is 11.8 Å². The fraction of sp³-hybridized carbons (Fsp3) is 0.882. The van der Waals surface area contributed by atoms with Gasteiger partial charge in [-0.05, 0) is 39.3 Å². The van der Waals surface area contributed by atoms with Crippen molar-refractivity contribution in [2.45, 2.75) is 51.0 Å². The molecule has 5 heteroatoms. The van der Waals surface area contributed by atoms with Crippen LogP contribution in [-0.4, -0.2) is 61.9 Å². The highest BCUT2D eigenvalue weighted by Gasteiger charge is 2.30. The number of nitrogens with one attached hydrogen (secondary N) is 1. The quantitative estimate of drug-likeness (QED) is 0.837. The Kier molecular flexibility index (Phi) is 6.24. The summed E-state index contributed by atoms with van der Waals surface area (Å²) in [4.78, 5) is 28.1. The summed E-state index contributed by atoms with van der Waals surface area (Å²) in [6.45, 7) is 1.40. The van der Waals surface area contributed by atoms with Crippen molar-refractivity contribution in [1.82, 2.24) is 15.1 Å². The lowest BCUT2D eigenvalue weighted by Crippen LogP contribution is -2.48. The number of piperidine rings is 1. The first-order chi connectivity index (χ1) is 10.5. The van der Waals surface area contributed by atoms with E-state index in [0.29, 0.717) is 31.5 Å². The third-order valence-electron chi connectivity index (χ3n) is 5.37. The van der Waals surface area contributed by atoms with E-state index in [9.17, 15) is 9.59 Å². The maximum atomic E-state index is 12.4. The lowest BCUT2D eigenvalue weighted by molar-refractivity contribution is -0.139. The van der Waals surface area contributed by atoms with Crippen LogP contribution in [0.15, 0.2) is 0 Å². The number of likely N-dealkylation sites (N-methyl/N-ethyl adjacent to an activating group) is 1. The Morgan fingerprint density at radius 1 is 1.27 bits per heavy atom. The molecule has 1 N–H and O–H groups in total. The van der Waals surface area contributed by atoms with E-state index < -0.39 is 0 Å². The zero-order valence-corrected chi connectivity index (χ0v) is 14.3. The first-order valence-electron chi connectivity index (χ1n) is 8.67. The number of carbonyl (C=O) groups is 2.